The molecule has 2 N–H and O–H groups in total. The van der Waals surface area contributed by atoms with Gasteiger partial charge < -0.3 is 10.3 Å². The summed E-state index contributed by atoms with van der Waals surface area (Å²) in [4.78, 5) is 26.7. The second-order valence-corrected chi connectivity index (χ2v) is 6.71. The minimum absolute atomic E-state index is 0.166. The lowest BCUT2D eigenvalue weighted by molar-refractivity contribution is 0.0952. The van der Waals surface area contributed by atoms with E-state index in [0.717, 1.165) is 17.9 Å². The molecule has 22 heavy (non-hydrogen) atoms. The van der Waals surface area contributed by atoms with Crippen LogP contribution in [0.15, 0.2) is 41.2 Å². The lowest BCUT2D eigenvalue weighted by atomic mass is 10.0. The zero-order valence-corrected chi connectivity index (χ0v) is 13.2. The van der Waals surface area contributed by atoms with Gasteiger partial charge >= 0.3 is 0 Å². The van der Waals surface area contributed by atoms with Crippen LogP contribution in [-0.4, -0.2) is 23.2 Å². The Balaban J connectivity index is 1.71. The van der Waals surface area contributed by atoms with Crippen molar-refractivity contribution in [1.82, 2.24) is 10.3 Å². The molecule has 0 spiro atoms. The Morgan fingerprint density at radius 2 is 2.14 bits per heavy atom. The number of pyridine rings is 1. The van der Waals surface area contributed by atoms with Crippen molar-refractivity contribution in [3.8, 4) is 0 Å². The highest BCUT2D eigenvalue weighted by Crippen LogP contribution is 2.35. The summed E-state index contributed by atoms with van der Waals surface area (Å²) >= 11 is 1.85. The largest absolute Gasteiger partial charge is 0.350 e. The number of benzene rings is 1. The molecule has 1 aliphatic rings. The van der Waals surface area contributed by atoms with Gasteiger partial charge in [-0.1, -0.05) is 24.3 Å². The Morgan fingerprint density at radius 1 is 1.32 bits per heavy atom. The Kier molecular flexibility index (Phi) is 4.34. The first-order chi connectivity index (χ1) is 10.6. The van der Waals surface area contributed by atoms with Gasteiger partial charge in [0.1, 0.15) is 5.56 Å². The van der Waals surface area contributed by atoms with Crippen molar-refractivity contribution in [2.45, 2.75) is 18.6 Å². The van der Waals surface area contributed by atoms with E-state index in [1.54, 1.807) is 19.1 Å². The second-order valence-electron chi connectivity index (χ2n) is 5.40. The van der Waals surface area contributed by atoms with Crippen molar-refractivity contribution in [3.63, 3.8) is 0 Å². The summed E-state index contributed by atoms with van der Waals surface area (Å²) < 4.78 is 0. The summed E-state index contributed by atoms with van der Waals surface area (Å²) in [6.07, 6.45) is 1.07. The fourth-order valence-electron chi connectivity index (χ4n) is 2.68. The number of hydrogen-bond acceptors (Lipinski definition) is 3. The maximum absolute atomic E-state index is 12.2. The van der Waals surface area contributed by atoms with E-state index in [4.69, 9.17) is 0 Å². The van der Waals surface area contributed by atoms with Crippen molar-refractivity contribution in [2.24, 2.45) is 0 Å². The van der Waals surface area contributed by atoms with Crippen LogP contribution < -0.4 is 10.9 Å². The Bertz CT molecular complexity index is 754. The van der Waals surface area contributed by atoms with Gasteiger partial charge in [-0.2, -0.15) is 11.8 Å². The van der Waals surface area contributed by atoms with Gasteiger partial charge in [0.25, 0.3) is 11.5 Å². The molecule has 0 aliphatic carbocycles. The van der Waals surface area contributed by atoms with Crippen molar-refractivity contribution in [3.05, 3.63) is 69.1 Å². The van der Waals surface area contributed by atoms with Gasteiger partial charge in [0.05, 0.1) is 0 Å². The Morgan fingerprint density at radius 3 is 2.95 bits per heavy atom. The van der Waals surface area contributed by atoms with Crippen LogP contribution in [-0.2, 0) is 6.42 Å². The highest BCUT2D eigenvalue weighted by atomic mass is 32.2. The molecule has 3 rings (SSSR count). The summed E-state index contributed by atoms with van der Waals surface area (Å²) in [6, 6.07) is 11.7. The highest BCUT2D eigenvalue weighted by Gasteiger charge is 2.21. The van der Waals surface area contributed by atoms with Gasteiger partial charge in [0, 0.05) is 17.5 Å². The zero-order valence-electron chi connectivity index (χ0n) is 12.4. The van der Waals surface area contributed by atoms with E-state index in [2.05, 4.69) is 28.5 Å². The van der Waals surface area contributed by atoms with Crippen molar-refractivity contribution >= 4 is 17.7 Å². The number of H-pyrrole nitrogens is 1. The predicted octanol–water partition coefficient (Wildman–Crippen LogP) is 2.44. The summed E-state index contributed by atoms with van der Waals surface area (Å²) in [6.45, 7) is 2.33. The van der Waals surface area contributed by atoms with Crippen LogP contribution in [0.4, 0.5) is 0 Å². The summed E-state index contributed by atoms with van der Waals surface area (Å²) in [5.74, 6) is 0.743. The molecule has 0 saturated carbocycles. The van der Waals surface area contributed by atoms with E-state index in [9.17, 15) is 9.59 Å². The molecule has 1 aliphatic heterocycles. The first-order valence-corrected chi connectivity index (χ1v) is 8.37. The average Bonchev–Trinajstić information content (AvgIpc) is 2.52. The van der Waals surface area contributed by atoms with E-state index in [-0.39, 0.29) is 22.3 Å². The van der Waals surface area contributed by atoms with Crippen LogP contribution in [0, 0.1) is 6.92 Å². The summed E-state index contributed by atoms with van der Waals surface area (Å²) in [5, 5.41) is 3.14. The number of fused-ring (bicyclic) bond motifs is 1. The molecule has 1 amide bonds. The minimum Gasteiger partial charge on any atom is -0.350 e. The average molecular weight is 314 g/mol. The molecule has 114 valence electrons. The highest BCUT2D eigenvalue weighted by molar-refractivity contribution is 7.99. The van der Waals surface area contributed by atoms with Crippen molar-refractivity contribution in [2.75, 3.05) is 12.3 Å². The van der Waals surface area contributed by atoms with Gasteiger partial charge in [-0.05, 0) is 42.4 Å². The summed E-state index contributed by atoms with van der Waals surface area (Å²) in [5.41, 5.74) is 3.22. The van der Waals surface area contributed by atoms with E-state index in [0.29, 0.717) is 6.54 Å². The van der Waals surface area contributed by atoms with Crippen LogP contribution in [0.3, 0.4) is 0 Å². The quantitative estimate of drug-likeness (QED) is 0.915. The molecule has 2 heterocycles. The van der Waals surface area contributed by atoms with Gasteiger partial charge in [0.2, 0.25) is 0 Å². The lowest BCUT2D eigenvalue weighted by Crippen LogP contribution is -2.33. The van der Waals surface area contributed by atoms with Gasteiger partial charge in [-0.25, -0.2) is 0 Å². The van der Waals surface area contributed by atoms with Crippen LogP contribution >= 0.6 is 11.8 Å². The van der Waals surface area contributed by atoms with Gasteiger partial charge in [-0.15, -0.1) is 0 Å². The molecule has 4 nitrogen and oxygen atoms in total. The number of aryl methyl sites for hydroxylation is 2. The van der Waals surface area contributed by atoms with Gasteiger partial charge in [-0.3, -0.25) is 9.59 Å². The zero-order chi connectivity index (χ0) is 15.5. The maximum Gasteiger partial charge on any atom is 0.260 e. The molecule has 0 bridgehead atoms. The first kappa shape index (κ1) is 14.9. The van der Waals surface area contributed by atoms with Crippen LogP contribution in [0.25, 0.3) is 0 Å². The Hall–Kier alpha value is -2.01. The topological polar surface area (TPSA) is 62.0 Å². The molecule has 1 aromatic heterocycles. The third-order valence-electron chi connectivity index (χ3n) is 3.84. The van der Waals surface area contributed by atoms with Crippen molar-refractivity contribution < 1.29 is 4.79 Å². The number of amides is 1. The number of carbonyl (C=O) groups is 1. The Labute approximate surface area is 133 Å². The van der Waals surface area contributed by atoms with E-state index in [1.165, 1.54) is 11.1 Å². The standard InChI is InChI=1S/C17H18N2O2S/c1-11-6-7-14(17(21)19-11)16(20)18-10-15-13-5-3-2-4-12(13)8-9-22-15/h2-7,15H,8-10H2,1H3,(H,18,20)(H,19,21). The SMILES string of the molecule is Cc1ccc(C(=O)NCC2SCCc3ccccc32)c(=O)[nH]1. The molecule has 1 unspecified atom stereocenters. The normalized spacial score (nSPS) is 16.9. The molecule has 2 aromatic rings. The molecular weight excluding hydrogens is 296 g/mol. The molecular formula is C17H18N2O2S. The fourth-order valence-corrected chi connectivity index (χ4v) is 3.91. The van der Waals surface area contributed by atoms with E-state index in [1.807, 2.05) is 17.8 Å². The molecule has 1 aromatic carbocycles. The minimum atomic E-state index is -0.339. The summed E-state index contributed by atoms with van der Waals surface area (Å²) in [7, 11) is 0. The monoisotopic (exact) mass is 314 g/mol. The van der Waals surface area contributed by atoms with E-state index >= 15 is 0 Å². The van der Waals surface area contributed by atoms with Crippen LogP contribution in [0.1, 0.15) is 32.4 Å². The number of hydrogen-bond donors (Lipinski definition) is 2. The predicted molar refractivity (Wildman–Crippen MR) is 89.5 cm³/mol. The third kappa shape index (κ3) is 3.09. The molecule has 0 fully saturated rings. The first-order valence-electron chi connectivity index (χ1n) is 7.32. The van der Waals surface area contributed by atoms with Crippen LogP contribution in [0.2, 0.25) is 0 Å². The van der Waals surface area contributed by atoms with Crippen molar-refractivity contribution in [1.29, 1.82) is 0 Å². The van der Waals surface area contributed by atoms with E-state index < -0.39 is 0 Å². The number of carbonyl (C=O) groups excluding carboxylic acids is 1. The van der Waals surface area contributed by atoms with Gasteiger partial charge in [0.15, 0.2) is 0 Å². The number of nitrogens with one attached hydrogen (secondary N) is 2. The lowest BCUT2D eigenvalue weighted by Gasteiger charge is -2.25. The van der Waals surface area contributed by atoms with Crippen LogP contribution in [0.5, 0.6) is 0 Å². The molecule has 5 heteroatoms. The molecule has 0 saturated heterocycles. The molecule has 1 atom stereocenters. The third-order valence-corrected chi connectivity index (χ3v) is 5.10. The number of aromatic nitrogens is 1. The number of rotatable bonds is 3. The number of thioether (sulfide) groups is 1. The maximum atomic E-state index is 12.2. The number of aromatic amines is 1. The molecule has 0 radical (unpaired) electrons. The smallest absolute Gasteiger partial charge is 0.260 e. The fraction of sp³-hybridized carbons (Fsp3) is 0.294. The second kappa shape index (κ2) is 6.40.